The first-order valence-electron chi connectivity index (χ1n) is 8.40. The van der Waals surface area contributed by atoms with Gasteiger partial charge in [-0.2, -0.15) is 0 Å². The number of allylic oxidation sites excluding steroid dienone is 2. The molecule has 0 aromatic heterocycles. The predicted octanol–water partition coefficient (Wildman–Crippen LogP) is -0.0594. The largest absolute Gasteiger partial charge is 0.384 e. The first kappa shape index (κ1) is 16.5. The van der Waals surface area contributed by atoms with Crippen LogP contribution in [0.1, 0.15) is 19.3 Å². The fourth-order valence-electron chi connectivity index (χ4n) is 2.70. The van der Waals surface area contributed by atoms with Crippen molar-refractivity contribution in [3.05, 3.63) is 23.9 Å². The standard InChI is InChI=1S/C16H31N5/c1-3-7-20-15(5-1)13-18-11-9-17-10-12-19-14-16-6-2-4-8-21-16/h1,3,5,16-21H,2,4,6-14H2. The molecule has 0 aliphatic carbocycles. The highest BCUT2D eigenvalue weighted by Gasteiger charge is 2.10. The lowest BCUT2D eigenvalue weighted by atomic mass is 10.1. The van der Waals surface area contributed by atoms with Gasteiger partial charge in [0.2, 0.25) is 0 Å². The van der Waals surface area contributed by atoms with Crippen molar-refractivity contribution >= 4 is 0 Å². The van der Waals surface area contributed by atoms with Crippen molar-refractivity contribution in [1.82, 2.24) is 26.6 Å². The molecular weight excluding hydrogens is 262 g/mol. The molecule has 5 N–H and O–H groups in total. The summed E-state index contributed by atoms with van der Waals surface area (Å²) < 4.78 is 0. The molecule has 0 saturated carbocycles. The highest BCUT2D eigenvalue weighted by Crippen LogP contribution is 2.05. The van der Waals surface area contributed by atoms with Gasteiger partial charge in [0, 0.05) is 57.6 Å². The Hall–Kier alpha value is -0.880. The number of hydrogen-bond donors (Lipinski definition) is 5. The summed E-state index contributed by atoms with van der Waals surface area (Å²) in [6.07, 6.45) is 10.4. The fraction of sp³-hybridized carbons (Fsp3) is 0.750. The maximum Gasteiger partial charge on any atom is 0.0354 e. The number of hydrogen-bond acceptors (Lipinski definition) is 5. The smallest absolute Gasteiger partial charge is 0.0354 e. The van der Waals surface area contributed by atoms with Crippen LogP contribution in [-0.4, -0.2) is 58.4 Å². The minimum absolute atomic E-state index is 0.686. The molecule has 1 saturated heterocycles. The van der Waals surface area contributed by atoms with E-state index in [0.29, 0.717) is 6.04 Å². The molecule has 2 rings (SSSR count). The molecule has 1 fully saturated rings. The summed E-state index contributed by atoms with van der Waals surface area (Å²) in [6.45, 7) is 8.29. The van der Waals surface area contributed by atoms with E-state index < -0.39 is 0 Å². The van der Waals surface area contributed by atoms with E-state index in [1.54, 1.807) is 0 Å². The van der Waals surface area contributed by atoms with Crippen LogP contribution in [0.4, 0.5) is 0 Å². The SMILES string of the molecule is C1=CCNC(CNCCNCCNCC2CCCCN2)=C1. The van der Waals surface area contributed by atoms with Gasteiger partial charge in [-0.05, 0) is 25.5 Å². The molecule has 21 heavy (non-hydrogen) atoms. The summed E-state index contributed by atoms with van der Waals surface area (Å²) in [4.78, 5) is 0. The van der Waals surface area contributed by atoms with E-state index in [1.807, 2.05) is 0 Å². The van der Waals surface area contributed by atoms with Crippen LogP contribution in [0.3, 0.4) is 0 Å². The normalized spacial score (nSPS) is 21.9. The number of rotatable bonds is 10. The van der Waals surface area contributed by atoms with Crippen molar-refractivity contribution in [3.63, 3.8) is 0 Å². The van der Waals surface area contributed by atoms with Gasteiger partial charge in [0.05, 0.1) is 0 Å². The minimum Gasteiger partial charge on any atom is -0.384 e. The number of nitrogens with one attached hydrogen (secondary N) is 5. The lowest BCUT2D eigenvalue weighted by Gasteiger charge is -2.23. The van der Waals surface area contributed by atoms with E-state index in [4.69, 9.17) is 0 Å². The van der Waals surface area contributed by atoms with E-state index in [9.17, 15) is 0 Å². The van der Waals surface area contributed by atoms with Crippen LogP contribution in [0.2, 0.25) is 0 Å². The van der Waals surface area contributed by atoms with Crippen LogP contribution in [0.5, 0.6) is 0 Å². The maximum absolute atomic E-state index is 3.56. The third-order valence-corrected chi connectivity index (χ3v) is 3.96. The molecule has 0 spiro atoms. The first-order chi connectivity index (χ1) is 10.4. The Morgan fingerprint density at radius 1 is 1.05 bits per heavy atom. The van der Waals surface area contributed by atoms with Crippen LogP contribution in [-0.2, 0) is 0 Å². The van der Waals surface area contributed by atoms with E-state index in [-0.39, 0.29) is 0 Å². The fourth-order valence-corrected chi connectivity index (χ4v) is 2.70. The lowest BCUT2D eigenvalue weighted by Crippen LogP contribution is -2.43. The van der Waals surface area contributed by atoms with Gasteiger partial charge in [0.15, 0.2) is 0 Å². The zero-order valence-corrected chi connectivity index (χ0v) is 13.1. The summed E-state index contributed by atoms with van der Waals surface area (Å²) in [7, 11) is 0. The summed E-state index contributed by atoms with van der Waals surface area (Å²) >= 11 is 0. The Balaban J connectivity index is 1.33. The van der Waals surface area contributed by atoms with Crippen molar-refractivity contribution < 1.29 is 0 Å². The van der Waals surface area contributed by atoms with E-state index in [1.165, 1.54) is 31.5 Å². The van der Waals surface area contributed by atoms with Gasteiger partial charge < -0.3 is 26.6 Å². The molecule has 0 aromatic carbocycles. The average molecular weight is 293 g/mol. The van der Waals surface area contributed by atoms with Crippen molar-refractivity contribution in [2.75, 3.05) is 52.4 Å². The predicted molar refractivity (Wildman–Crippen MR) is 89.5 cm³/mol. The summed E-state index contributed by atoms with van der Waals surface area (Å²) in [6, 6.07) is 0.686. The Morgan fingerprint density at radius 3 is 2.67 bits per heavy atom. The Labute approximate surface area is 129 Å². The Kier molecular flexibility index (Phi) is 8.47. The molecule has 2 aliphatic rings. The van der Waals surface area contributed by atoms with Crippen molar-refractivity contribution in [3.8, 4) is 0 Å². The minimum atomic E-state index is 0.686. The van der Waals surface area contributed by atoms with Gasteiger partial charge in [-0.25, -0.2) is 0 Å². The molecule has 0 radical (unpaired) electrons. The number of piperidine rings is 1. The Morgan fingerprint density at radius 2 is 1.90 bits per heavy atom. The third-order valence-electron chi connectivity index (χ3n) is 3.96. The average Bonchev–Trinajstić information content (AvgIpc) is 2.55. The molecule has 2 heterocycles. The highest BCUT2D eigenvalue weighted by atomic mass is 15.0. The van der Waals surface area contributed by atoms with Crippen LogP contribution in [0.25, 0.3) is 0 Å². The molecule has 0 aromatic rings. The maximum atomic E-state index is 3.56. The first-order valence-corrected chi connectivity index (χ1v) is 8.40. The molecule has 0 amide bonds. The molecule has 120 valence electrons. The van der Waals surface area contributed by atoms with Crippen LogP contribution in [0, 0.1) is 0 Å². The van der Waals surface area contributed by atoms with Gasteiger partial charge in [-0.3, -0.25) is 0 Å². The van der Waals surface area contributed by atoms with Gasteiger partial charge >= 0.3 is 0 Å². The molecule has 5 nitrogen and oxygen atoms in total. The van der Waals surface area contributed by atoms with Crippen LogP contribution < -0.4 is 26.6 Å². The van der Waals surface area contributed by atoms with Gasteiger partial charge in [-0.15, -0.1) is 0 Å². The van der Waals surface area contributed by atoms with E-state index >= 15 is 0 Å². The number of dihydropyridines is 1. The van der Waals surface area contributed by atoms with Gasteiger partial charge in [0.1, 0.15) is 0 Å². The van der Waals surface area contributed by atoms with Crippen molar-refractivity contribution in [1.29, 1.82) is 0 Å². The second-order valence-electron chi connectivity index (χ2n) is 5.78. The zero-order valence-electron chi connectivity index (χ0n) is 13.1. The van der Waals surface area contributed by atoms with Gasteiger partial charge in [0.25, 0.3) is 0 Å². The van der Waals surface area contributed by atoms with Crippen molar-refractivity contribution in [2.45, 2.75) is 25.3 Å². The summed E-state index contributed by atoms with van der Waals surface area (Å²) in [5.41, 5.74) is 1.28. The molecule has 2 aliphatic heterocycles. The Bertz CT molecular complexity index is 321. The topological polar surface area (TPSA) is 60.1 Å². The second kappa shape index (κ2) is 10.8. The van der Waals surface area contributed by atoms with Crippen LogP contribution >= 0.6 is 0 Å². The molecule has 5 heteroatoms. The third kappa shape index (κ3) is 7.62. The summed E-state index contributed by atoms with van der Waals surface area (Å²) in [5, 5.41) is 17.3. The molecule has 1 unspecified atom stereocenters. The van der Waals surface area contributed by atoms with Crippen molar-refractivity contribution in [2.24, 2.45) is 0 Å². The van der Waals surface area contributed by atoms with E-state index in [0.717, 1.165) is 45.8 Å². The van der Waals surface area contributed by atoms with Gasteiger partial charge in [-0.1, -0.05) is 18.6 Å². The highest BCUT2D eigenvalue weighted by molar-refractivity contribution is 5.17. The zero-order chi connectivity index (χ0) is 14.6. The lowest BCUT2D eigenvalue weighted by molar-refractivity contribution is 0.383. The monoisotopic (exact) mass is 293 g/mol. The summed E-state index contributed by atoms with van der Waals surface area (Å²) in [5.74, 6) is 0. The molecule has 0 bridgehead atoms. The quantitative estimate of drug-likeness (QED) is 0.365. The van der Waals surface area contributed by atoms with Crippen LogP contribution in [0.15, 0.2) is 23.9 Å². The van der Waals surface area contributed by atoms with E-state index in [2.05, 4.69) is 44.8 Å². The second-order valence-corrected chi connectivity index (χ2v) is 5.78. The molecule has 1 atom stereocenters. The molecular formula is C16H31N5.